The molecule has 122 valence electrons. The zero-order valence-corrected chi connectivity index (χ0v) is 12.9. The average Bonchev–Trinajstić information content (AvgIpc) is 2.52. The van der Waals surface area contributed by atoms with Gasteiger partial charge in [0.05, 0.1) is 17.5 Å². The Bertz CT molecular complexity index is 695. The van der Waals surface area contributed by atoms with Crippen LogP contribution >= 0.6 is 0 Å². The van der Waals surface area contributed by atoms with E-state index in [0.29, 0.717) is 5.56 Å². The summed E-state index contributed by atoms with van der Waals surface area (Å²) >= 11 is 0. The van der Waals surface area contributed by atoms with E-state index in [1.54, 1.807) is 43.3 Å². The first-order valence-corrected chi connectivity index (χ1v) is 6.75. The van der Waals surface area contributed by atoms with E-state index in [4.69, 9.17) is 0 Å². The summed E-state index contributed by atoms with van der Waals surface area (Å²) in [6.07, 6.45) is -2.91. The summed E-state index contributed by atoms with van der Waals surface area (Å²) < 4.78 is 39.2. The lowest BCUT2D eigenvalue weighted by atomic mass is 10.1. The Morgan fingerprint density at radius 1 is 1.13 bits per heavy atom. The van der Waals surface area contributed by atoms with Crippen molar-refractivity contribution >= 4 is 12.0 Å². The van der Waals surface area contributed by atoms with Gasteiger partial charge in [0, 0.05) is 19.7 Å². The minimum Gasteiger partial charge on any atom is -0.399 e. The van der Waals surface area contributed by atoms with Crippen molar-refractivity contribution in [2.24, 2.45) is 5.16 Å². The number of rotatable bonds is 4. The summed E-state index contributed by atoms with van der Waals surface area (Å²) in [5.41, 5.74) is 0.902. The SMILES string of the molecule is CO/N=C/c1ccc(-c2cc(C(F)(F)F)cc(N(C)C)n2)cc1. The van der Waals surface area contributed by atoms with Gasteiger partial charge in [-0.1, -0.05) is 29.4 Å². The molecule has 1 aromatic heterocycles. The molecule has 0 amide bonds. The van der Waals surface area contributed by atoms with Gasteiger partial charge in [-0.25, -0.2) is 4.98 Å². The highest BCUT2D eigenvalue weighted by molar-refractivity contribution is 5.80. The maximum Gasteiger partial charge on any atom is 0.416 e. The molecule has 0 atom stereocenters. The molecule has 0 saturated heterocycles. The molecule has 0 aliphatic carbocycles. The molecule has 0 unspecified atom stereocenters. The number of aromatic nitrogens is 1. The smallest absolute Gasteiger partial charge is 0.399 e. The van der Waals surface area contributed by atoms with Crippen LogP contribution in [0.1, 0.15) is 11.1 Å². The Morgan fingerprint density at radius 3 is 2.30 bits per heavy atom. The molecule has 0 bridgehead atoms. The summed E-state index contributed by atoms with van der Waals surface area (Å²) in [5.74, 6) is 0.250. The van der Waals surface area contributed by atoms with Crippen molar-refractivity contribution < 1.29 is 18.0 Å². The van der Waals surface area contributed by atoms with Crippen LogP contribution in [0.3, 0.4) is 0 Å². The van der Waals surface area contributed by atoms with E-state index in [0.717, 1.165) is 17.7 Å². The van der Waals surface area contributed by atoms with E-state index in [2.05, 4.69) is 15.0 Å². The van der Waals surface area contributed by atoms with Crippen LogP contribution < -0.4 is 4.90 Å². The lowest BCUT2D eigenvalue weighted by Gasteiger charge is -2.16. The van der Waals surface area contributed by atoms with Gasteiger partial charge in [-0.15, -0.1) is 0 Å². The monoisotopic (exact) mass is 323 g/mol. The van der Waals surface area contributed by atoms with E-state index in [1.165, 1.54) is 13.3 Å². The molecule has 0 fully saturated rings. The Kier molecular flexibility index (Phi) is 4.88. The molecule has 0 aliphatic rings. The van der Waals surface area contributed by atoms with Crippen LogP contribution in [0.4, 0.5) is 19.0 Å². The van der Waals surface area contributed by atoms with Gasteiger partial charge in [-0.2, -0.15) is 13.2 Å². The molecule has 1 aromatic carbocycles. The number of hydrogen-bond donors (Lipinski definition) is 0. The van der Waals surface area contributed by atoms with Crippen LogP contribution in [-0.2, 0) is 11.0 Å². The van der Waals surface area contributed by atoms with Crippen molar-refractivity contribution in [3.8, 4) is 11.3 Å². The van der Waals surface area contributed by atoms with Crippen LogP contribution in [0.5, 0.6) is 0 Å². The molecule has 0 N–H and O–H groups in total. The summed E-state index contributed by atoms with van der Waals surface area (Å²) in [6.45, 7) is 0. The predicted molar refractivity (Wildman–Crippen MR) is 83.6 cm³/mol. The Labute approximate surface area is 132 Å². The summed E-state index contributed by atoms with van der Waals surface area (Å²) in [6, 6.07) is 8.93. The van der Waals surface area contributed by atoms with Gasteiger partial charge in [0.15, 0.2) is 0 Å². The molecule has 1 heterocycles. The zero-order chi connectivity index (χ0) is 17.0. The summed E-state index contributed by atoms with van der Waals surface area (Å²) in [7, 11) is 4.73. The number of pyridine rings is 1. The molecular weight excluding hydrogens is 307 g/mol. The number of alkyl halides is 3. The van der Waals surface area contributed by atoms with Crippen molar-refractivity contribution in [3.05, 3.63) is 47.5 Å². The third-order valence-corrected chi connectivity index (χ3v) is 3.11. The highest BCUT2D eigenvalue weighted by Gasteiger charge is 2.32. The molecule has 23 heavy (non-hydrogen) atoms. The van der Waals surface area contributed by atoms with Crippen molar-refractivity contribution in [3.63, 3.8) is 0 Å². The first-order valence-electron chi connectivity index (χ1n) is 6.75. The Balaban J connectivity index is 2.45. The van der Waals surface area contributed by atoms with Crippen molar-refractivity contribution in [1.29, 1.82) is 0 Å². The predicted octanol–water partition coefficient (Wildman–Crippen LogP) is 3.81. The fourth-order valence-electron chi connectivity index (χ4n) is 1.91. The number of nitrogens with zero attached hydrogens (tertiary/aromatic N) is 3. The van der Waals surface area contributed by atoms with E-state index in [9.17, 15) is 13.2 Å². The van der Waals surface area contributed by atoms with Gasteiger partial charge in [0.2, 0.25) is 0 Å². The lowest BCUT2D eigenvalue weighted by molar-refractivity contribution is -0.137. The number of oxime groups is 1. The van der Waals surface area contributed by atoms with Crippen LogP contribution in [0, 0.1) is 0 Å². The van der Waals surface area contributed by atoms with E-state index in [1.807, 2.05) is 0 Å². The molecule has 0 spiro atoms. The van der Waals surface area contributed by atoms with E-state index in [-0.39, 0.29) is 11.5 Å². The second kappa shape index (κ2) is 6.68. The molecule has 0 radical (unpaired) electrons. The van der Waals surface area contributed by atoms with Crippen LogP contribution in [0.15, 0.2) is 41.6 Å². The van der Waals surface area contributed by atoms with Gasteiger partial charge in [-0.3, -0.25) is 0 Å². The van der Waals surface area contributed by atoms with E-state index < -0.39 is 11.7 Å². The third kappa shape index (κ3) is 4.21. The minimum atomic E-state index is -4.42. The number of benzene rings is 1. The molecule has 2 rings (SSSR count). The van der Waals surface area contributed by atoms with Crippen LogP contribution in [0.2, 0.25) is 0 Å². The normalized spacial score (nSPS) is 11.7. The van der Waals surface area contributed by atoms with Gasteiger partial charge >= 0.3 is 6.18 Å². The Hall–Kier alpha value is -2.57. The molecule has 4 nitrogen and oxygen atoms in total. The maximum atomic E-state index is 13.1. The fraction of sp³-hybridized carbons (Fsp3) is 0.250. The summed E-state index contributed by atoms with van der Waals surface area (Å²) in [4.78, 5) is 10.4. The average molecular weight is 323 g/mol. The van der Waals surface area contributed by atoms with Gasteiger partial charge in [0.1, 0.15) is 12.9 Å². The number of hydrogen-bond acceptors (Lipinski definition) is 4. The number of halogens is 3. The first-order chi connectivity index (χ1) is 10.8. The van der Waals surface area contributed by atoms with Crippen LogP contribution in [-0.4, -0.2) is 32.4 Å². The van der Waals surface area contributed by atoms with Crippen molar-refractivity contribution in [2.45, 2.75) is 6.18 Å². The molecule has 2 aromatic rings. The minimum absolute atomic E-state index is 0.250. The lowest BCUT2D eigenvalue weighted by Crippen LogP contribution is -2.14. The van der Waals surface area contributed by atoms with E-state index >= 15 is 0 Å². The fourth-order valence-corrected chi connectivity index (χ4v) is 1.91. The summed E-state index contributed by atoms with van der Waals surface area (Å²) in [5, 5.41) is 3.63. The first kappa shape index (κ1) is 16.8. The molecule has 0 saturated carbocycles. The zero-order valence-electron chi connectivity index (χ0n) is 12.9. The van der Waals surface area contributed by atoms with Gasteiger partial charge in [0.25, 0.3) is 0 Å². The van der Waals surface area contributed by atoms with Gasteiger partial charge < -0.3 is 9.74 Å². The van der Waals surface area contributed by atoms with Gasteiger partial charge in [-0.05, 0) is 17.7 Å². The molecule has 0 aliphatic heterocycles. The highest BCUT2D eigenvalue weighted by atomic mass is 19.4. The Morgan fingerprint density at radius 2 is 1.78 bits per heavy atom. The quantitative estimate of drug-likeness (QED) is 0.634. The highest BCUT2D eigenvalue weighted by Crippen LogP contribution is 2.33. The molecule has 7 heteroatoms. The maximum absolute atomic E-state index is 13.1. The molecular formula is C16H16F3N3O. The second-order valence-electron chi connectivity index (χ2n) is 5.03. The standard InChI is InChI=1S/C16H16F3N3O/c1-22(2)15-9-13(16(17,18)19)8-14(21-15)12-6-4-11(5-7-12)10-20-23-3/h4-10H,1-3H3/b20-10+. The second-order valence-corrected chi connectivity index (χ2v) is 5.03. The van der Waals surface area contributed by atoms with Crippen molar-refractivity contribution in [1.82, 2.24) is 4.98 Å². The topological polar surface area (TPSA) is 37.7 Å². The third-order valence-electron chi connectivity index (χ3n) is 3.11. The largest absolute Gasteiger partial charge is 0.416 e. The van der Waals surface area contributed by atoms with Crippen LogP contribution in [0.25, 0.3) is 11.3 Å². The van der Waals surface area contributed by atoms with Crippen molar-refractivity contribution in [2.75, 3.05) is 26.1 Å². The number of anilines is 1.